The monoisotopic (exact) mass is 379 g/mol. The molecule has 0 aliphatic heterocycles. The maximum absolute atomic E-state index is 12.6. The van der Waals surface area contributed by atoms with Crippen LogP contribution in [0.1, 0.15) is 32.1 Å². The maximum Gasteiger partial charge on any atom is 0.234 e. The van der Waals surface area contributed by atoms with E-state index in [2.05, 4.69) is 11.1 Å². The van der Waals surface area contributed by atoms with E-state index in [1.54, 1.807) is 23.3 Å². The van der Waals surface area contributed by atoms with Crippen LogP contribution < -0.4 is 0 Å². The number of hydrogen-bond acceptors (Lipinski definition) is 5. The van der Waals surface area contributed by atoms with Crippen molar-refractivity contribution < 1.29 is 4.79 Å². The molecule has 1 heterocycles. The second-order valence-electron chi connectivity index (χ2n) is 6.04. The van der Waals surface area contributed by atoms with E-state index < -0.39 is 5.54 Å². The Labute approximate surface area is 154 Å². The third-order valence-electron chi connectivity index (χ3n) is 4.55. The molecule has 0 saturated heterocycles. The fourth-order valence-electron chi connectivity index (χ4n) is 3.06. The predicted octanol–water partition coefficient (Wildman–Crippen LogP) is 4.73. The van der Waals surface area contributed by atoms with Crippen LogP contribution >= 0.6 is 34.7 Å². The number of nitrogens with zero attached hydrogens (tertiary/aromatic N) is 3. The predicted molar refractivity (Wildman–Crippen MR) is 99.6 cm³/mol. The third kappa shape index (κ3) is 3.53. The quantitative estimate of drug-likeness (QED) is 0.721. The lowest BCUT2D eigenvalue weighted by atomic mass is 9.81. The van der Waals surface area contributed by atoms with Gasteiger partial charge in [-0.15, -0.1) is 11.3 Å². The van der Waals surface area contributed by atoms with Gasteiger partial charge in [0.2, 0.25) is 5.91 Å². The molecule has 0 unspecified atom stereocenters. The van der Waals surface area contributed by atoms with Crippen molar-refractivity contribution in [1.82, 2.24) is 9.88 Å². The summed E-state index contributed by atoms with van der Waals surface area (Å²) in [6, 6.07) is 8.01. The highest BCUT2D eigenvalue weighted by atomic mass is 35.5. The van der Waals surface area contributed by atoms with E-state index in [0.717, 1.165) is 46.7 Å². The number of aromatic nitrogens is 1. The summed E-state index contributed by atoms with van der Waals surface area (Å²) in [6.07, 6.45) is 4.72. The standard InChI is InChI=1S/C17H18ClN3OS2/c1-21(17(11-19)7-3-2-4-8-17)15(22)10-23-16-20-13-9-12(18)5-6-14(13)24-16/h5-6,9H,2-4,7-8,10H2,1H3. The largest absolute Gasteiger partial charge is 0.326 e. The average molecular weight is 380 g/mol. The lowest BCUT2D eigenvalue weighted by Gasteiger charge is -2.39. The van der Waals surface area contributed by atoms with Gasteiger partial charge < -0.3 is 4.90 Å². The summed E-state index contributed by atoms with van der Waals surface area (Å²) in [7, 11) is 1.76. The van der Waals surface area contributed by atoms with Crippen LogP contribution in [-0.4, -0.2) is 34.1 Å². The summed E-state index contributed by atoms with van der Waals surface area (Å²) in [4.78, 5) is 18.7. The van der Waals surface area contributed by atoms with E-state index in [1.807, 2.05) is 18.2 Å². The van der Waals surface area contributed by atoms with Crippen LogP contribution in [0.15, 0.2) is 22.5 Å². The van der Waals surface area contributed by atoms with Gasteiger partial charge in [-0.3, -0.25) is 4.79 Å². The van der Waals surface area contributed by atoms with E-state index in [-0.39, 0.29) is 5.91 Å². The lowest BCUT2D eigenvalue weighted by molar-refractivity contribution is -0.131. The molecule has 0 radical (unpaired) electrons. The summed E-state index contributed by atoms with van der Waals surface area (Å²) in [5.41, 5.74) is 0.230. The first-order chi connectivity index (χ1) is 11.5. The van der Waals surface area contributed by atoms with Crippen LogP contribution in [0, 0.1) is 11.3 Å². The molecule has 1 aromatic heterocycles. The maximum atomic E-state index is 12.6. The minimum absolute atomic E-state index is 0.0132. The van der Waals surface area contributed by atoms with Crippen LogP contribution in [0.5, 0.6) is 0 Å². The highest BCUT2D eigenvalue weighted by molar-refractivity contribution is 8.01. The lowest BCUT2D eigenvalue weighted by Crippen LogP contribution is -2.50. The van der Waals surface area contributed by atoms with Gasteiger partial charge in [0, 0.05) is 12.1 Å². The number of amides is 1. The van der Waals surface area contributed by atoms with E-state index in [0.29, 0.717) is 10.8 Å². The number of hydrogen-bond donors (Lipinski definition) is 0. The second kappa shape index (κ2) is 7.30. The fraction of sp³-hybridized carbons (Fsp3) is 0.471. The number of thiazole rings is 1. The van der Waals surface area contributed by atoms with Crippen molar-refractivity contribution in [3.05, 3.63) is 23.2 Å². The minimum Gasteiger partial charge on any atom is -0.326 e. The van der Waals surface area contributed by atoms with Gasteiger partial charge in [0.25, 0.3) is 0 Å². The Morgan fingerprint density at radius 3 is 2.92 bits per heavy atom. The molecule has 24 heavy (non-hydrogen) atoms. The molecule has 126 valence electrons. The molecule has 0 bridgehead atoms. The van der Waals surface area contributed by atoms with Crippen LogP contribution in [0.2, 0.25) is 5.02 Å². The molecular weight excluding hydrogens is 362 g/mol. The molecule has 1 aliphatic carbocycles. The topological polar surface area (TPSA) is 57.0 Å². The molecule has 2 aromatic rings. The van der Waals surface area contributed by atoms with Crippen LogP contribution in [-0.2, 0) is 4.79 Å². The Balaban J connectivity index is 1.66. The molecule has 1 amide bonds. The molecule has 1 aliphatic rings. The van der Waals surface area contributed by atoms with Gasteiger partial charge in [-0.2, -0.15) is 5.26 Å². The molecule has 3 rings (SSSR count). The SMILES string of the molecule is CN(C(=O)CSc1nc2cc(Cl)ccc2s1)C1(C#N)CCCCC1. The van der Waals surface area contributed by atoms with Gasteiger partial charge in [-0.25, -0.2) is 4.98 Å². The Morgan fingerprint density at radius 2 is 2.21 bits per heavy atom. The Bertz CT molecular complexity index is 793. The number of rotatable bonds is 4. The number of carbonyl (C=O) groups excluding carboxylic acids is 1. The number of benzene rings is 1. The van der Waals surface area contributed by atoms with Gasteiger partial charge in [-0.1, -0.05) is 42.6 Å². The zero-order valence-corrected chi connectivity index (χ0v) is 15.8. The number of nitriles is 1. The van der Waals surface area contributed by atoms with Gasteiger partial charge in [0.15, 0.2) is 4.34 Å². The van der Waals surface area contributed by atoms with Crippen molar-refractivity contribution in [2.45, 2.75) is 42.0 Å². The normalized spacial score (nSPS) is 16.7. The third-order valence-corrected chi connectivity index (χ3v) is 6.95. The van der Waals surface area contributed by atoms with Crippen LogP contribution in [0.3, 0.4) is 0 Å². The summed E-state index contributed by atoms with van der Waals surface area (Å²) in [5, 5.41) is 10.3. The molecule has 1 aromatic carbocycles. The van der Waals surface area contributed by atoms with E-state index >= 15 is 0 Å². The van der Waals surface area contributed by atoms with Crippen LogP contribution in [0.25, 0.3) is 10.2 Å². The summed E-state index contributed by atoms with van der Waals surface area (Å²) in [5.74, 6) is 0.286. The number of thioether (sulfide) groups is 1. The smallest absolute Gasteiger partial charge is 0.234 e. The molecule has 0 spiro atoms. The first-order valence-corrected chi connectivity index (χ1v) is 10.1. The van der Waals surface area contributed by atoms with E-state index in [1.165, 1.54) is 11.8 Å². The molecule has 0 N–H and O–H groups in total. The summed E-state index contributed by atoms with van der Waals surface area (Å²) >= 11 is 8.96. The number of carbonyl (C=O) groups is 1. The molecule has 7 heteroatoms. The molecular formula is C17H18ClN3OS2. The number of fused-ring (bicyclic) bond motifs is 1. The first-order valence-electron chi connectivity index (χ1n) is 7.91. The molecule has 1 saturated carbocycles. The highest BCUT2D eigenvalue weighted by Gasteiger charge is 2.38. The number of halogens is 1. The van der Waals surface area contributed by atoms with E-state index in [9.17, 15) is 10.1 Å². The molecule has 1 fully saturated rings. The van der Waals surface area contributed by atoms with Crippen molar-refractivity contribution in [2.24, 2.45) is 0 Å². The minimum atomic E-state index is -0.628. The van der Waals surface area contributed by atoms with Crippen molar-refractivity contribution >= 4 is 50.8 Å². The van der Waals surface area contributed by atoms with Gasteiger partial charge >= 0.3 is 0 Å². The zero-order chi connectivity index (χ0) is 17.2. The Morgan fingerprint density at radius 1 is 1.46 bits per heavy atom. The van der Waals surface area contributed by atoms with Gasteiger partial charge in [0.05, 0.1) is 22.0 Å². The first kappa shape index (κ1) is 17.5. The zero-order valence-electron chi connectivity index (χ0n) is 13.4. The van der Waals surface area contributed by atoms with Gasteiger partial charge in [-0.05, 0) is 31.0 Å². The van der Waals surface area contributed by atoms with E-state index in [4.69, 9.17) is 11.6 Å². The Kier molecular flexibility index (Phi) is 5.33. The summed E-state index contributed by atoms with van der Waals surface area (Å²) < 4.78 is 1.91. The molecule has 0 atom stereocenters. The van der Waals surface area contributed by atoms with Crippen molar-refractivity contribution in [2.75, 3.05) is 12.8 Å². The van der Waals surface area contributed by atoms with Crippen LogP contribution in [0.4, 0.5) is 0 Å². The van der Waals surface area contributed by atoms with Crippen molar-refractivity contribution in [1.29, 1.82) is 5.26 Å². The van der Waals surface area contributed by atoms with Gasteiger partial charge in [0.1, 0.15) is 5.54 Å². The van der Waals surface area contributed by atoms with Crippen molar-refractivity contribution in [3.63, 3.8) is 0 Å². The average Bonchev–Trinajstić information content (AvgIpc) is 3.01. The Hall–Kier alpha value is -1.29. The molecule has 4 nitrogen and oxygen atoms in total. The second-order valence-corrected chi connectivity index (χ2v) is 8.73. The highest BCUT2D eigenvalue weighted by Crippen LogP contribution is 2.34. The van der Waals surface area contributed by atoms with Crippen molar-refractivity contribution in [3.8, 4) is 6.07 Å². The fourth-order valence-corrected chi connectivity index (χ4v) is 5.19. The summed E-state index contributed by atoms with van der Waals surface area (Å²) in [6.45, 7) is 0.